The molecule has 0 atom stereocenters. The number of amides is 2. The first-order valence-electron chi connectivity index (χ1n) is 10.2. The number of rotatable bonds is 4. The SMILES string of the molecule is Cc1ccc(S(C)(=O)=O)cc1C(=O)Nc1cccc(C(=O)N2CCc3sccc3C2)c1C. The lowest BCUT2D eigenvalue weighted by Crippen LogP contribution is -2.35. The van der Waals surface area contributed by atoms with E-state index in [0.29, 0.717) is 35.5 Å². The van der Waals surface area contributed by atoms with Crippen LogP contribution in [0.1, 0.15) is 42.3 Å². The minimum absolute atomic E-state index is 0.0642. The van der Waals surface area contributed by atoms with Gasteiger partial charge in [-0.2, -0.15) is 0 Å². The van der Waals surface area contributed by atoms with Gasteiger partial charge < -0.3 is 10.2 Å². The number of sulfone groups is 1. The van der Waals surface area contributed by atoms with Crippen molar-refractivity contribution in [3.63, 3.8) is 0 Å². The molecule has 0 bridgehead atoms. The number of carbonyl (C=O) groups is 2. The summed E-state index contributed by atoms with van der Waals surface area (Å²) in [7, 11) is -3.43. The lowest BCUT2D eigenvalue weighted by atomic mass is 10.0. The number of aryl methyl sites for hydroxylation is 1. The molecule has 0 unspecified atom stereocenters. The molecule has 2 heterocycles. The predicted molar refractivity (Wildman–Crippen MR) is 126 cm³/mol. The van der Waals surface area contributed by atoms with Gasteiger partial charge in [0.1, 0.15) is 0 Å². The highest BCUT2D eigenvalue weighted by molar-refractivity contribution is 7.90. The summed E-state index contributed by atoms with van der Waals surface area (Å²) in [5.74, 6) is -0.479. The van der Waals surface area contributed by atoms with Gasteiger partial charge >= 0.3 is 0 Å². The summed E-state index contributed by atoms with van der Waals surface area (Å²) in [6, 6.07) is 11.8. The monoisotopic (exact) mass is 468 g/mol. The topological polar surface area (TPSA) is 83.5 Å². The summed E-state index contributed by atoms with van der Waals surface area (Å²) in [5.41, 5.74) is 3.89. The van der Waals surface area contributed by atoms with Crippen molar-refractivity contribution in [2.45, 2.75) is 31.7 Å². The minimum Gasteiger partial charge on any atom is -0.334 e. The highest BCUT2D eigenvalue weighted by Gasteiger charge is 2.24. The van der Waals surface area contributed by atoms with Gasteiger partial charge in [0.2, 0.25) is 0 Å². The number of nitrogens with one attached hydrogen (secondary N) is 1. The van der Waals surface area contributed by atoms with Gasteiger partial charge in [0.25, 0.3) is 11.8 Å². The number of benzene rings is 2. The van der Waals surface area contributed by atoms with Crippen LogP contribution in [-0.2, 0) is 22.8 Å². The van der Waals surface area contributed by atoms with E-state index in [0.717, 1.165) is 12.7 Å². The summed E-state index contributed by atoms with van der Waals surface area (Å²) in [4.78, 5) is 29.4. The molecule has 0 fully saturated rings. The van der Waals surface area contributed by atoms with Crippen LogP contribution in [0, 0.1) is 13.8 Å². The third-order valence-electron chi connectivity index (χ3n) is 5.79. The van der Waals surface area contributed by atoms with Crippen molar-refractivity contribution in [2.75, 3.05) is 18.1 Å². The smallest absolute Gasteiger partial charge is 0.255 e. The Labute approximate surface area is 191 Å². The Balaban J connectivity index is 1.58. The van der Waals surface area contributed by atoms with Crippen LogP contribution in [0.3, 0.4) is 0 Å². The molecule has 3 aromatic rings. The summed E-state index contributed by atoms with van der Waals surface area (Å²) in [5, 5.41) is 4.91. The van der Waals surface area contributed by atoms with E-state index in [-0.39, 0.29) is 16.4 Å². The average molecular weight is 469 g/mol. The molecule has 2 amide bonds. The summed E-state index contributed by atoms with van der Waals surface area (Å²) >= 11 is 1.73. The van der Waals surface area contributed by atoms with Gasteiger partial charge in [-0.05, 0) is 72.7 Å². The average Bonchev–Trinajstić information content (AvgIpc) is 3.22. The summed E-state index contributed by atoms with van der Waals surface area (Å²) < 4.78 is 23.8. The first-order chi connectivity index (χ1) is 15.1. The van der Waals surface area contributed by atoms with E-state index >= 15 is 0 Å². The van der Waals surface area contributed by atoms with Gasteiger partial charge in [-0.25, -0.2) is 8.42 Å². The van der Waals surface area contributed by atoms with Crippen molar-refractivity contribution in [3.05, 3.63) is 80.5 Å². The van der Waals surface area contributed by atoms with Crippen molar-refractivity contribution < 1.29 is 18.0 Å². The molecule has 1 aromatic heterocycles. The molecule has 1 aliphatic rings. The minimum atomic E-state index is -3.43. The van der Waals surface area contributed by atoms with Crippen molar-refractivity contribution in [2.24, 2.45) is 0 Å². The second-order valence-corrected chi connectivity index (χ2v) is 11.0. The van der Waals surface area contributed by atoms with Crippen LogP contribution >= 0.6 is 11.3 Å². The molecule has 0 saturated heterocycles. The van der Waals surface area contributed by atoms with Crippen LogP contribution in [0.25, 0.3) is 0 Å². The fraction of sp³-hybridized carbons (Fsp3) is 0.250. The molecule has 6 nitrogen and oxygen atoms in total. The summed E-state index contributed by atoms with van der Waals surface area (Å²) in [6.07, 6.45) is 1.96. The van der Waals surface area contributed by atoms with E-state index < -0.39 is 15.7 Å². The van der Waals surface area contributed by atoms with Gasteiger partial charge in [-0.3, -0.25) is 9.59 Å². The third kappa shape index (κ3) is 4.33. The second-order valence-electron chi connectivity index (χ2n) is 8.03. The zero-order valence-electron chi connectivity index (χ0n) is 18.1. The Kier molecular flexibility index (Phi) is 5.92. The lowest BCUT2D eigenvalue weighted by Gasteiger charge is -2.28. The third-order valence-corrected chi connectivity index (χ3v) is 7.92. The molecular formula is C24H24N2O4S2. The summed E-state index contributed by atoms with van der Waals surface area (Å²) in [6.45, 7) is 4.82. The lowest BCUT2D eigenvalue weighted by molar-refractivity contribution is 0.0735. The van der Waals surface area contributed by atoms with E-state index in [1.165, 1.54) is 22.6 Å². The Bertz CT molecular complexity index is 1330. The number of carbonyl (C=O) groups excluding carboxylic acids is 2. The fourth-order valence-corrected chi connectivity index (χ4v) is 5.40. The quantitative estimate of drug-likeness (QED) is 0.621. The van der Waals surface area contributed by atoms with Crippen molar-refractivity contribution in [1.29, 1.82) is 0 Å². The maximum Gasteiger partial charge on any atom is 0.255 e. The van der Waals surface area contributed by atoms with E-state index in [1.807, 2.05) is 11.8 Å². The van der Waals surface area contributed by atoms with Crippen LogP contribution in [0.2, 0.25) is 0 Å². The molecular weight excluding hydrogens is 444 g/mol. The van der Waals surface area contributed by atoms with Crippen LogP contribution in [-0.4, -0.2) is 37.9 Å². The highest BCUT2D eigenvalue weighted by Crippen LogP contribution is 2.27. The maximum atomic E-state index is 13.2. The van der Waals surface area contributed by atoms with E-state index in [9.17, 15) is 18.0 Å². The van der Waals surface area contributed by atoms with Gasteiger partial charge in [-0.15, -0.1) is 11.3 Å². The van der Waals surface area contributed by atoms with Crippen molar-refractivity contribution >= 4 is 38.7 Å². The fourth-order valence-electron chi connectivity index (χ4n) is 3.86. The van der Waals surface area contributed by atoms with Gasteiger partial charge in [-0.1, -0.05) is 12.1 Å². The molecule has 0 aliphatic carbocycles. The van der Waals surface area contributed by atoms with E-state index in [1.54, 1.807) is 42.5 Å². The van der Waals surface area contributed by atoms with Crippen LogP contribution in [0.15, 0.2) is 52.7 Å². The number of fused-ring (bicyclic) bond motifs is 1. The molecule has 32 heavy (non-hydrogen) atoms. The Hall–Kier alpha value is -2.97. The molecule has 2 aromatic carbocycles. The first-order valence-corrected chi connectivity index (χ1v) is 13.0. The number of thiophene rings is 1. The molecule has 0 saturated carbocycles. The van der Waals surface area contributed by atoms with E-state index in [4.69, 9.17) is 0 Å². The van der Waals surface area contributed by atoms with Gasteiger partial charge in [0.05, 0.1) is 4.90 Å². The van der Waals surface area contributed by atoms with E-state index in [2.05, 4.69) is 16.8 Å². The predicted octanol–water partition coefficient (Wildman–Crippen LogP) is 4.22. The molecule has 0 spiro atoms. The molecule has 4 rings (SSSR count). The maximum absolute atomic E-state index is 13.2. The molecule has 1 N–H and O–H groups in total. The van der Waals surface area contributed by atoms with Gasteiger partial charge in [0.15, 0.2) is 9.84 Å². The largest absolute Gasteiger partial charge is 0.334 e. The standard InChI is InChI=1S/C24H24N2O4S2/c1-15-7-8-18(32(3,29)30)13-20(15)23(27)25-21-6-4-5-19(16(21)2)24(28)26-11-9-22-17(14-26)10-12-31-22/h4-8,10,12-13H,9,11,14H2,1-3H3,(H,25,27). The van der Waals surface area contributed by atoms with Crippen LogP contribution < -0.4 is 5.32 Å². The number of anilines is 1. The highest BCUT2D eigenvalue weighted by atomic mass is 32.2. The normalized spacial score (nSPS) is 13.5. The zero-order valence-corrected chi connectivity index (χ0v) is 19.8. The number of hydrogen-bond donors (Lipinski definition) is 1. The number of hydrogen-bond acceptors (Lipinski definition) is 5. The van der Waals surface area contributed by atoms with Gasteiger partial charge in [0, 0.05) is 41.0 Å². The first kappa shape index (κ1) is 22.2. The Morgan fingerprint density at radius 3 is 2.59 bits per heavy atom. The number of nitrogens with zero attached hydrogens (tertiary/aromatic N) is 1. The second kappa shape index (κ2) is 8.52. The molecule has 1 aliphatic heterocycles. The van der Waals surface area contributed by atoms with Crippen LogP contribution in [0.5, 0.6) is 0 Å². The molecule has 8 heteroatoms. The van der Waals surface area contributed by atoms with Crippen molar-refractivity contribution in [1.82, 2.24) is 4.90 Å². The zero-order chi connectivity index (χ0) is 23.0. The Morgan fingerprint density at radius 2 is 1.84 bits per heavy atom. The molecule has 166 valence electrons. The Morgan fingerprint density at radius 1 is 1.06 bits per heavy atom. The molecule has 0 radical (unpaired) electrons. The van der Waals surface area contributed by atoms with Crippen LogP contribution in [0.4, 0.5) is 5.69 Å². The van der Waals surface area contributed by atoms with Crippen molar-refractivity contribution in [3.8, 4) is 0 Å².